The topological polar surface area (TPSA) is 109 Å². The second-order valence-electron chi connectivity index (χ2n) is 6.98. The van der Waals surface area contributed by atoms with Crippen LogP contribution in [0, 0.1) is 11.3 Å². The summed E-state index contributed by atoms with van der Waals surface area (Å²) in [6.07, 6.45) is 3.39. The van der Waals surface area contributed by atoms with Gasteiger partial charge in [-0.3, -0.25) is 9.78 Å². The monoisotopic (exact) mass is 417 g/mol. The van der Waals surface area contributed by atoms with Gasteiger partial charge in [0.2, 0.25) is 0 Å². The summed E-state index contributed by atoms with van der Waals surface area (Å²) in [5, 5.41) is 25.1. The maximum atomic E-state index is 12.6. The predicted molar refractivity (Wildman–Crippen MR) is 119 cm³/mol. The molecule has 0 aliphatic carbocycles. The third-order valence-corrected chi connectivity index (χ3v) is 4.87. The van der Waals surface area contributed by atoms with Crippen LogP contribution >= 0.6 is 0 Å². The van der Waals surface area contributed by atoms with E-state index in [4.69, 9.17) is 10.4 Å². The van der Waals surface area contributed by atoms with Crippen LogP contribution in [0.25, 0.3) is 28.3 Å². The van der Waals surface area contributed by atoms with Crippen LogP contribution in [0.15, 0.2) is 85.2 Å². The van der Waals surface area contributed by atoms with E-state index < -0.39 is 0 Å². The molecule has 3 aromatic heterocycles. The van der Waals surface area contributed by atoms with Gasteiger partial charge >= 0.3 is 0 Å². The molecule has 152 valence electrons. The van der Waals surface area contributed by atoms with Crippen LogP contribution in [-0.4, -0.2) is 30.7 Å². The lowest BCUT2D eigenvalue weighted by Crippen LogP contribution is -2.12. The Bertz CT molecular complexity index is 1490. The van der Waals surface area contributed by atoms with Crippen LogP contribution in [0.1, 0.15) is 15.9 Å². The van der Waals surface area contributed by atoms with Gasteiger partial charge in [-0.05, 0) is 54.6 Å². The van der Waals surface area contributed by atoms with Gasteiger partial charge in [0.05, 0.1) is 17.3 Å². The van der Waals surface area contributed by atoms with Gasteiger partial charge in [0.1, 0.15) is 0 Å². The molecule has 0 atom stereocenters. The first-order chi connectivity index (χ1) is 15.7. The largest absolute Gasteiger partial charge is 0.322 e. The van der Waals surface area contributed by atoms with Gasteiger partial charge < -0.3 is 5.32 Å². The SMILES string of the molecule is N#Cc1cccc(C(=O)Nc2cccc(-c3ccc4nnc(-c5ccncc5)n4n3)c2)c1. The Balaban J connectivity index is 1.46. The molecule has 0 aliphatic heterocycles. The van der Waals surface area contributed by atoms with Gasteiger partial charge in [0.25, 0.3) is 5.91 Å². The normalized spacial score (nSPS) is 10.6. The van der Waals surface area contributed by atoms with E-state index in [2.05, 4.69) is 20.5 Å². The van der Waals surface area contributed by atoms with E-state index in [9.17, 15) is 4.79 Å². The number of carbonyl (C=O) groups excluding carboxylic acids is 1. The van der Waals surface area contributed by atoms with Gasteiger partial charge in [0.15, 0.2) is 11.5 Å². The van der Waals surface area contributed by atoms with Crippen molar-refractivity contribution >= 4 is 17.2 Å². The molecule has 32 heavy (non-hydrogen) atoms. The second-order valence-corrected chi connectivity index (χ2v) is 6.98. The minimum Gasteiger partial charge on any atom is -0.322 e. The molecule has 0 saturated carbocycles. The lowest BCUT2D eigenvalue weighted by Gasteiger charge is -2.08. The lowest BCUT2D eigenvalue weighted by atomic mass is 10.1. The standard InChI is InChI=1S/C24H15N7O/c25-15-16-3-1-5-19(13-16)24(32)27-20-6-2-4-18(14-20)21-7-8-22-28-29-23(31(22)30-21)17-9-11-26-12-10-17/h1-14H,(H,27,32). The Morgan fingerprint density at radius 2 is 1.75 bits per heavy atom. The number of rotatable bonds is 4. The molecule has 5 rings (SSSR count). The van der Waals surface area contributed by atoms with Crippen molar-refractivity contribution < 1.29 is 4.79 Å². The molecule has 0 bridgehead atoms. The van der Waals surface area contributed by atoms with Crippen LogP contribution in [0.2, 0.25) is 0 Å². The van der Waals surface area contributed by atoms with Gasteiger partial charge in [0, 0.05) is 34.8 Å². The van der Waals surface area contributed by atoms with Gasteiger partial charge in [-0.15, -0.1) is 10.2 Å². The first-order valence-electron chi connectivity index (χ1n) is 9.76. The van der Waals surface area contributed by atoms with Crippen LogP contribution in [0.3, 0.4) is 0 Å². The van der Waals surface area contributed by atoms with Gasteiger partial charge in [-0.2, -0.15) is 14.9 Å². The second kappa shape index (κ2) is 8.08. The highest BCUT2D eigenvalue weighted by Crippen LogP contribution is 2.23. The molecule has 8 heteroatoms. The van der Waals surface area contributed by atoms with Crippen molar-refractivity contribution in [3.63, 3.8) is 0 Å². The fraction of sp³-hybridized carbons (Fsp3) is 0. The molecule has 1 N–H and O–H groups in total. The van der Waals surface area contributed by atoms with Crippen molar-refractivity contribution in [2.24, 2.45) is 0 Å². The van der Waals surface area contributed by atoms with Crippen LogP contribution in [-0.2, 0) is 0 Å². The van der Waals surface area contributed by atoms with Crippen molar-refractivity contribution in [1.29, 1.82) is 5.26 Å². The number of aromatic nitrogens is 5. The summed E-state index contributed by atoms with van der Waals surface area (Å²) < 4.78 is 1.68. The zero-order valence-electron chi connectivity index (χ0n) is 16.7. The molecule has 0 spiro atoms. The summed E-state index contributed by atoms with van der Waals surface area (Å²) in [6, 6.07) is 23.4. The molecule has 0 unspecified atom stereocenters. The maximum Gasteiger partial charge on any atom is 0.255 e. The summed E-state index contributed by atoms with van der Waals surface area (Å²) in [7, 11) is 0. The number of pyridine rings is 1. The molecule has 0 saturated heterocycles. The number of anilines is 1. The number of nitrogens with zero attached hydrogens (tertiary/aromatic N) is 6. The van der Waals surface area contributed by atoms with Crippen LogP contribution in [0.4, 0.5) is 5.69 Å². The highest BCUT2D eigenvalue weighted by atomic mass is 16.1. The number of hydrogen-bond donors (Lipinski definition) is 1. The number of fused-ring (bicyclic) bond motifs is 1. The van der Waals surface area contributed by atoms with Gasteiger partial charge in [-0.25, -0.2) is 0 Å². The molecule has 0 radical (unpaired) electrons. The summed E-state index contributed by atoms with van der Waals surface area (Å²) in [4.78, 5) is 16.6. The Kier molecular flexibility index (Phi) is 4.82. The van der Waals surface area contributed by atoms with E-state index >= 15 is 0 Å². The number of benzene rings is 2. The zero-order chi connectivity index (χ0) is 21.9. The number of carbonyl (C=O) groups is 1. The van der Waals surface area contributed by atoms with Gasteiger partial charge in [-0.1, -0.05) is 18.2 Å². The summed E-state index contributed by atoms with van der Waals surface area (Å²) in [5.41, 5.74) is 4.48. The molecule has 1 amide bonds. The molecule has 0 fully saturated rings. The fourth-order valence-corrected chi connectivity index (χ4v) is 3.31. The van der Waals surface area contributed by atoms with Crippen molar-refractivity contribution in [3.8, 4) is 28.7 Å². The van der Waals surface area contributed by atoms with E-state index in [1.165, 1.54) is 0 Å². The minimum atomic E-state index is -0.290. The van der Waals surface area contributed by atoms with E-state index in [1.807, 2.05) is 48.5 Å². The molecule has 5 aromatic rings. The number of nitriles is 1. The van der Waals surface area contributed by atoms with E-state index in [1.54, 1.807) is 47.2 Å². The average Bonchev–Trinajstić information content (AvgIpc) is 3.28. The Hall–Kier alpha value is -4.90. The molecular formula is C24H15N7O. The van der Waals surface area contributed by atoms with E-state index in [0.717, 1.165) is 11.1 Å². The smallest absolute Gasteiger partial charge is 0.255 e. The van der Waals surface area contributed by atoms with Crippen molar-refractivity contribution in [2.45, 2.75) is 0 Å². The molecule has 8 nitrogen and oxygen atoms in total. The van der Waals surface area contributed by atoms with E-state index in [0.29, 0.717) is 34.0 Å². The third kappa shape index (κ3) is 3.66. The fourth-order valence-electron chi connectivity index (χ4n) is 3.31. The predicted octanol–water partition coefficient (Wildman–Crippen LogP) is 3.98. The highest BCUT2D eigenvalue weighted by molar-refractivity contribution is 6.04. The first-order valence-corrected chi connectivity index (χ1v) is 9.76. The quantitative estimate of drug-likeness (QED) is 0.474. The summed E-state index contributed by atoms with van der Waals surface area (Å²) in [6.45, 7) is 0. The van der Waals surface area contributed by atoms with Crippen molar-refractivity contribution in [3.05, 3.63) is 96.3 Å². The zero-order valence-corrected chi connectivity index (χ0v) is 16.7. The van der Waals surface area contributed by atoms with Crippen molar-refractivity contribution in [2.75, 3.05) is 5.32 Å². The average molecular weight is 417 g/mol. The van der Waals surface area contributed by atoms with Crippen LogP contribution < -0.4 is 5.32 Å². The number of amides is 1. The summed E-state index contributed by atoms with van der Waals surface area (Å²) in [5.74, 6) is 0.326. The molecule has 2 aromatic carbocycles. The minimum absolute atomic E-state index is 0.290. The molecule has 0 aliphatic rings. The summed E-state index contributed by atoms with van der Waals surface area (Å²) >= 11 is 0. The van der Waals surface area contributed by atoms with Crippen molar-refractivity contribution in [1.82, 2.24) is 24.8 Å². The lowest BCUT2D eigenvalue weighted by molar-refractivity contribution is 0.102. The number of hydrogen-bond acceptors (Lipinski definition) is 6. The highest BCUT2D eigenvalue weighted by Gasteiger charge is 2.12. The van der Waals surface area contributed by atoms with Crippen LogP contribution in [0.5, 0.6) is 0 Å². The molecular weight excluding hydrogens is 402 g/mol. The Morgan fingerprint density at radius 3 is 2.59 bits per heavy atom. The number of nitrogens with one attached hydrogen (secondary N) is 1. The Morgan fingerprint density at radius 1 is 0.906 bits per heavy atom. The maximum absolute atomic E-state index is 12.6. The Labute approximate surface area is 182 Å². The molecule has 3 heterocycles. The first kappa shape index (κ1) is 19.1. The third-order valence-electron chi connectivity index (χ3n) is 4.87. The van der Waals surface area contributed by atoms with E-state index in [-0.39, 0.29) is 5.91 Å².